The minimum atomic E-state index is -1.04. The molecule has 0 radical (unpaired) electrons. The molecule has 0 aliphatic rings. The number of nitrogens with zero attached hydrogens (tertiary/aromatic N) is 1. The molecule has 80 valence electrons. The summed E-state index contributed by atoms with van der Waals surface area (Å²) in [6.07, 6.45) is 0. The van der Waals surface area contributed by atoms with Crippen LogP contribution in [0.3, 0.4) is 0 Å². The molecular weight excluding hydrogens is 262 g/mol. The zero-order chi connectivity index (χ0) is 11.3. The van der Waals surface area contributed by atoms with Crippen molar-refractivity contribution < 1.29 is 14.7 Å². The van der Waals surface area contributed by atoms with Crippen molar-refractivity contribution in [2.75, 3.05) is 6.61 Å². The maximum Gasteiger partial charge on any atom is 0.344 e. The van der Waals surface area contributed by atoms with Crippen LogP contribution in [0.25, 0.3) is 0 Å². The van der Waals surface area contributed by atoms with E-state index in [9.17, 15) is 4.79 Å². The van der Waals surface area contributed by atoms with Crippen molar-refractivity contribution in [3.05, 3.63) is 34.3 Å². The highest BCUT2D eigenvalue weighted by molar-refractivity contribution is 9.10. The van der Waals surface area contributed by atoms with E-state index in [1.165, 1.54) is 0 Å². The van der Waals surface area contributed by atoms with Gasteiger partial charge in [0.1, 0.15) is 0 Å². The predicted molar refractivity (Wildman–Crippen MR) is 59.9 cm³/mol. The Labute approximate surface area is 95.7 Å². The lowest BCUT2D eigenvalue weighted by atomic mass is 10.1. The molecule has 1 aromatic carbocycles. The van der Waals surface area contributed by atoms with Gasteiger partial charge in [0.15, 0.2) is 0 Å². The fourth-order valence-corrected chi connectivity index (χ4v) is 1.56. The van der Waals surface area contributed by atoms with Crippen molar-refractivity contribution in [2.45, 2.75) is 6.92 Å². The normalized spacial score (nSPS) is 11.2. The molecule has 1 aromatic rings. The predicted octanol–water partition coefficient (Wildman–Crippen LogP) is 2.27. The number of hydrogen-bond donors (Lipinski definition) is 1. The molecule has 0 fully saturated rings. The first-order valence-corrected chi connectivity index (χ1v) is 5.04. The molecule has 0 aromatic heterocycles. The van der Waals surface area contributed by atoms with Crippen molar-refractivity contribution >= 4 is 27.6 Å². The van der Waals surface area contributed by atoms with Crippen LogP contribution in [-0.4, -0.2) is 23.4 Å². The molecule has 0 unspecified atom stereocenters. The Morgan fingerprint density at radius 2 is 2.20 bits per heavy atom. The van der Waals surface area contributed by atoms with Crippen molar-refractivity contribution in [2.24, 2.45) is 5.16 Å². The minimum Gasteiger partial charge on any atom is -0.479 e. The summed E-state index contributed by atoms with van der Waals surface area (Å²) in [5, 5.41) is 12.0. The maximum atomic E-state index is 10.2. The van der Waals surface area contributed by atoms with E-state index in [4.69, 9.17) is 5.11 Å². The van der Waals surface area contributed by atoms with Gasteiger partial charge in [-0.05, 0) is 13.0 Å². The number of rotatable bonds is 4. The molecule has 1 rings (SSSR count). The first kappa shape index (κ1) is 11.7. The largest absolute Gasteiger partial charge is 0.479 e. The Hall–Kier alpha value is -1.36. The first-order chi connectivity index (χ1) is 7.11. The van der Waals surface area contributed by atoms with Crippen molar-refractivity contribution in [3.8, 4) is 0 Å². The Kier molecular flexibility index (Phi) is 4.30. The lowest BCUT2D eigenvalue weighted by Crippen LogP contribution is -2.05. The van der Waals surface area contributed by atoms with Crippen LogP contribution >= 0.6 is 15.9 Å². The van der Waals surface area contributed by atoms with Gasteiger partial charge in [0, 0.05) is 10.0 Å². The van der Waals surface area contributed by atoms with Gasteiger partial charge in [-0.25, -0.2) is 4.79 Å². The van der Waals surface area contributed by atoms with Gasteiger partial charge in [-0.15, -0.1) is 0 Å². The monoisotopic (exact) mass is 271 g/mol. The smallest absolute Gasteiger partial charge is 0.344 e. The standard InChI is InChI=1S/C10H10BrNO3/c1-7(12-15-6-10(13)14)8-4-2-3-5-9(8)11/h2-5H,6H2,1H3,(H,13,14). The van der Waals surface area contributed by atoms with Crippen LogP contribution < -0.4 is 0 Å². The molecule has 5 heteroatoms. The van der Waals surface area contributed by atoms with E-state index in [1.54, 1.807) is 6.92 Å². The number of oxime groups is 1. The minimum absolute atomic E-state index is 0.429. The van der Waals surface area contributed by atoms with Crippen LogP contribution in [0.4, 0.5) is 0 Å². The summed E-state index contributed by atoms with van der Waals surface area (Å²) in [6.45, 7) is 1.32. The van der Waals surface area contributed by atoms with Crippen LogP contribution in [-0.2, 0) is 9.63 Å². The van der Waals surface area contributed by atoms with Crippen LogP contribution in [0.5, 0.6) is 0 Å². The summed E-state index contributed by atoms with van der Waals surface area (Å²) in [5.74, 6) is -1.04. The third-order valence-corrected chi connectivity index (χ3v) is 2.34. The molecule has 0 heterocycles. The molecule has 15 heavy (non-hydrogen) atoms. The Bertz CT molecular complexity index is 390. The Morgan fingerprint density at radius 3 is 2.80 bits per heavy atom. The SMILES string of the molecule is CC(=NOCC(=O)O)c1ccccc1Br. The van der Waals surface area contributed by atoms with Crippen molar-refractivity contribution in [3.63, 3.8) is 0 Å². The summed E-state index contributed by atoms with van der Waals surface area (Å²) >= 11 is 3.37. The molecule has 0 saturated carbocycles. The quantitative estimate of drug-likeness (QED) is 0.675. The van der Waals surface area contributed by atoms with Crippen LogP contribution in [0.15, 0.2) is 33.9 Å². The maximum absolute atomic E-state index is 10.2. The third kappa shape index (κ3) is 3.71. The summed E-state index contributed by atoms with van der Waals surface area (Å²) < 4.78 is 0.894. The van der Waals surface area contributed by atoms with Crippen LogP contribution in [0.1, 0.15) is 12.5 Å². The van der Waals surface area contributed by atoms with E-state index >= 15 is 0 Å². The molecule has 1 N–H and O–H groups in total. The topological polar surface area (TPSA) is 58.9 Å². The average molecular weight is 272 g/mol. The molecule has 0 amide bonds. The number of hydrogen-bond acceptors (Lipinski definition) is 3. The molecule has 0 saturated heterocycles. The van der Waals surface area contributed by atoms with E-state index in [0.29, 0.717) is 5.71 Å². The molecular formula is C10H10BrNO3. The number of carbonyl (C=O) groups is 1. The van der Waals surface area contributed by atoms with Crippen LogP contribution in [0.2, 0.25) is 0 Å². The zero-order valence-corrected chi connectivity index (χ0v) is 9.69. The summed E-state index contributed by atoms with van der Waals surface area (Å²) in [5.41, 5.74) is 1.51. The van der Waals surface area contributed by atoms with Crippen molar-refractivity contribution in [1.29, 1.82) is 0 Å². The van der Waals surface area contributed by atoms with Gasteiger partial charge < -0.3 is 9.94 Å². The molecule has 0 bridgehead atoms. The summed E-state index contributed by atoms with van der Waals surface area (Å²) in [4.78, 5) is 14.8. The Balaban J connectivity index is 2.72. The van der Waals surface area contributed by atoms with Gasteiger partial charge in [-0.2, -0.15) is 0 Å². The second kappa shape index (κ2) is 5.50. The lowest BCUT2D eigenvalue weighted by molar-refractivity contribution is -0.142. The fourth-order valence-electron chi connectivity index (χ4n) is 0.988. The van der Waals surface area contributed by atoms with Gasteiger partial charge in [0.2, 0.25) is 6.61 Å². The van der Waals surface area contributed by atoms with Gasteiger partial charge >= 0.3 is 5.97 Å². The third-order valence-electron chi connectivity index (χ3n) is 1.65. The molecule has 0 aliphatic heterocycles. The molecule has 4 nitrogen and oxygen atoms in total. The van der Waals surface area contributed by atoms with E-state index in [0.717, 1.165) is 10.0 Å². The number of halogens is 1. The number of carboxylic acid groups (broad SMARTS) is 1. The first-order valence-electron chi connectivity index (χ1n) is 4.24. The highest BCUT2D eigenvalue weighted by atomic mass is 79.9. The molecule has 0 atom stereocenters. The van der Waals surface area contributed by atoms with Crippen LogP contribution in [0, 0.1) is 0 Å². The summed E-state index contributed by atoms with van der Waals surface area (Å²) in [7, 11) is 0. The number of benzene rings is 1. The van der Waals surface area contributed by atoms with E-state index in [1.807, 2.05) is 24.3 Å². The van der Waals surface area contributed by atoms with E-state index in [2.05, 4.69) is 25.9 Å². The second-order valence-corrected chi connectivity index (χ2v) is 3.68. The van der Waals surface area contributed by atoms with Gasteiger partial charge in [0.25, 0.3) is 0 Å². The fraction of sp³-hybridized carbons (Fsp3) is 0.200. The van der Waals surface area contributed by atoms with Gasteiger partial charge in [-0.1, -0.05) is 39.3 Å². The second-order valence-electron chi connectivity index (χ2n) is 2.82. The zero-order valence-electron chi connectivity index (χ0n) is 8.11. The Morgan fingerprint density at radius 1 is 1.53 bits per heavy atom. The number of carboxylic acids is 1. The van der Waals surface area contributed by atoms with Crippen molar-refractivity contribution in [1.82, 2.24) is 0 Å². The highest BCUT2D eigenvalue weighted by Gasteiger charge is 2.03. The number of aliphatic carboxylic acids is 1. The average Bonchev–Trinajstić information content (AvgIpc) is 2.17. The van der Waals surface area contributed by atoms with Gasteiger partial charge in [-0.3, -0.25) is 0 Å². The van der Waals surface area contributed by atoms with E-state index in [-0.39, 0.29) is 0 Å². The molecule has 0 spiro atoms. The molecule has 0 aliphatic carbocycles. The lowest BCUT2D eigenvalue weighted by Gasteiger charge is -2.02. The van der Waals surface area contributed by atoms with E-state index < -0.39 is 12.6 Å². The van der Waals surface area contributed by atoms with Gasteiger partial charge in [0.05, 0.1) is 5.71 Å². The summed E-state index contributed by atoms with van der Waals surface area (Å²) in [6, 6.07) is 7.51. The highest BCUT2D eigenvalue weighted by Crippen LogP contribution is 2.16.